The highest BCUT2D eigenvalue weighted by Crippen LogP contribution is 2.11. The number of unbranched alkanes of at least 4 members (excludes halogenated alkanes) is 3. The summed E-state index contributed by atoms with van der Waals surface area (Å²) in [5, 5.41) is 0. The minimum absolute atomic E-state index is 0.0622. The van der Waals surface area contributed by atoms with E-state index in [2.05, 4.69) is 31.2 Å². The molecule has 0 radical (unpaired) electrons. The first kappa shape index (κ1) is 20.7. The molecule has 0 amide bonds. The molecule has 1 rings (SSSR count). The average Bonchev–Trinajstić information content (AvgIpc) is 2.56. The highest BCUT2D eigenvalue weighted by Gasteiger charge is 2.01. The Morgan fingerprint density at radius 2 is 1.41 bits per heavy atom. The minimum Gasteiger partial charge on any atom is -0.466 e. The molecule has 0 saturated heterocycles. The molecule has 0 N–H and O–H groups in total. The van der Waals surface area contributed by atoms with Crippen LogP contribution in [-0.4, -0.2) is 12.6 Å². The van der Waals surface area contributed by atoms with Gasteiger partial charge in [-0.2, -0.15) is 0 Å². The molecular weight excluding hydrogens is 272 g/mol. The highest BCUT2D eigenvalue weighted by atomic mass is 16.5. The summed E-state index contributed by atoms with van der Waals surface area (Å²) in [4.78, 5) is 11.2. The van der Waals surface area contributed by atoms with Crippen LogP contribution < -0.4 is 0 Å². The van der Waals surface area contributed by atoms with Gasteiger partial charge in [0.1, 0.15) is 0 Å². The molecule has 0 atom stereocenters. The van der Waals surface area contributed by atoms with E-state index in [9.17, 15) is 4.79 Å². The van der Waals surface area contributed by atoms with Crippen LogP contribution in [0.4, 0.5) is 0 Å². The van der Waals surface area contributed by atoms with Crippen molar-refractivity contribution >= 4 is 5.97 Å². The van der Waals surface area contributed by atoms with Gasteiger partial charge >= 0.3 is 5.97 Å². The SMILES string of the molecule is CC.CCCCc1ccc(CCCCCC(=O)OCC)cc1. The Bertz CT molecular complexity index is 368. The molecule has 0 aromatic heterocycles. The Balaban J connectivity index is 0.00000211. The van der Waals surface area contributed by atoms with E-state index in [4.69, 9.17) is 4.74 Å². The van der Waals surface area contributed by atoms with Crippen LogP contribution in [0.2, 0.25) is 0 Å². The van der Waals surface area contributed by atoms with Crippen LogP contribution in [0, 0.1) is 0 Å². The van der Waals surface area contributed by atoms with E-state index in [0.29, 0.717) is 13.0 Å². The molecule has 0 aliphatic rings. The minimum atomic E-state index is -0.0622. The molecule has 0 heterocycles. The van der Waals surface area contributed by atoms with Gasteiger partial charge in [-0.1, -0.05) is 57.9 Å². The van der Waals surface area contributed by atoms with E-state index in [-0.39, 0.29) is 5.97 Å². The van der Waals surface area contributed by atoms with Crippen molar-refractivity contribution < 1.29 is 9.53 Å². The van der Waals surface area contributed by atoms with Crippen molar-refractivity contribution in [2.24, 2.45) is 0 Å². The van der Waals surface area contributed by atoms with E-state index < -0.39 is 0 Å². The molecule has 0 bridgehead atoms. The van der Waals surface area contributed by atoms with Crippen molar-refractivity contribution in [3.8, 4) is 0 Å². The van der Waals surface area contributed by atoms with Crippen LogP contribution in [0.1, 0.15) is 77.3 Å². The summed E-state index contributed by atoms with van der Waals surface area (Å²) < 4.78 is 4.91. The maximum Gasteiger partial charge on any atom is 0.305 e. The zero-order chi connectivity index (χ0) is 16.6. The quantitative estimate of drug-likeness (QED) is 0.408. The molecule has 2 nitrogen and oxygen atoms in total. The fourth-order valence-corrected chi connectivity index (χ4v) is 2.26. The number of hydrogen-bond acceptors (Lipinski definition) is 2. The summed E-state index contributed by atoms with van der Waals surface area (Å²) in [6.07, 6.45) is 8.56. The predicted octanol–water partition coefficient (Wildman–Crippen LogP) is 5.72. The van der Waals surface area contributed by atoms with Crippen LogP contribution in [-0.2, 0) is 22.4 Å². The lowest BCUT2D eigenvalue weighted by molar-refractivity contribution is -0.143. The van der Waals surface area contributed by atoms with Gasteiger partial charge in [0.05, 0.1) is 6.61 Å². The first-order valence-corrected chi connectivity index (χ1v) is 8.99. The molecule has 126 valence electrons. The van der Waals surface area contributed by atoms with Crippen molar-refractivity contribution in [3.05, 3.63) is 35.4 Å². The topological polar surface area (TPSA) is 26.3 Å². The second-order valence-electron chi connectivity index (χ2n) is 5.29. The van der Waals surface area contributed by atoms with Gasteiger partial charge in [-0.15, -0.1) is 0 Å². The molecule has 0 aliphatic carbocycles. The Morgan fingerprint density at radius 3 is 1.91 bits per heavy atom. The summed E-state index contributed by atoms with van der Waals surface area (Å²) in [5.41, 5.74) is 2.85. The van der Waals surface area contributed by atoms with Crippen molar-refractivity contribution in [1.82, 2.24) is 0 Å². The van der Waals surface area contributed by atoms with Crippen LogP contribution in [0.3, 0.4) is 0 Å². The number of esters is 1. The Labute approximate surface area is 137 Å². The molecule has 0 unspecified atom stereocenters. The zero-order valence-corrected chi connectivity index (χ0v) is 15.0. The lowest BCUT2D eigenvalue weighted by Gasteiger charge is -2.04. The van der Waals surface area contributed by atoms with Gasteiger partial charge in [0.15, 0.2) is 0 Å². The zero-order valence-electron chi connectivity index (χ0n) is 15.0. The smallest absolute Gasteiger partial charge is 0.305 e. The van der Waals surface area contributed by atoms with Crippen LogP contribution >= 0.6 is 0 Å². The van der Waals surface area contributed by atoms with E-state index >= 15 is 0 Å². The molecule has 22 heavy (non-hydrogen) atoms. The molecule has 0 aliphatic heterocycles. The normalized spacial score (nSPS) is 9.82. The van der Waals surface area contributed by atoms with E-state index in [1.807, 2.05) is 20.8 Å². The highest BCUT2D eigenvalue weighted by molar-refractivity contribution is 5.69. The maximum atomic E-state index is 11.2. The molecule has 0 spiro atoms. The molecule has 0 saturated carbocycles. The lowest BCUT2D eigenvalue weighted by atomic mass is 10.0. The number of carbonyl (C=O) groups is 1. The van der Waals surface area contributed by atoms with Gasteiger partial charge in [-0.25, -0.2) is 0 Å². The molecule has 0 fully saturated rings. The van der Waals surface area contributed by atoms with E-state index in [0.717, 1.165) is 25.7 Å². The lowest BCUT2D eigenvalue weighted by Crippen LogP contribution is -2.03. The number of benzene rings is 1. The second kappa shape index (κ2) is 14.6. The monoisotopic (exact) mass is 306 g/mol. The Hall–Kier alpha value is -1.31. The third-order valence-electron chi connectivity index (χ3n) is 3.49. The number of aryl methyl sites for hydroxylation is 2. The van der Waals surface area contributed by atoms with Crippen molar-refractivity contribution in [3.63, 3.8) is 0 Å². The number of ether oxygens (including phenoxy) is 1. The average molecular weight is 306 g/mol. The first-order valence-electron chi connectivity index (χ1n) is 8.99. The van der Waals surface area contributed by atoms with Gasteiger partial charge in [0.25, 0.3) is 0 Å². The summed E-state index contributed by atoms with van der Waals surface area (Å²) in [6.45, 7) is 8.57. The van der Waals surface area contributed by atoms with Crippen LogP contribution in [0.5, 0.6) is 0 Å². The maximum absolute atomic E-state index is 11.2. The molecule has 1 aromatic rings. The molecule has 2 heteroatoms. The van der Waals surface area contributed by atoms with E-state index in [1.54, 1.807) is 0 Å². The standard InChI is InChI=1S/C18H28O2.C2H6/c1-3-5-9-16-12-14-17(15-13-16)10-7-6-8-11-18(19)20-4-2;1-2/h12-15H,3-11H2,1-2H3;1-2H3. The van der Waals surface area contributed by atoms with Gasteiger partial charge in [-0.05, 0) is 50.2 Å². The summed E-state index contributed by atoms with van der Waals surface area (Å²) in [7, 11) is 0. The van der Waals surface area contributed by atoms with Gasteiger partial charge in [0, 0.05) is 6.42 Å². The van der Waals surface area contributed by atoms with E-state index in [1.165, 1.54) is 30.4 Å². The van der Waals surface area contributed by atoms with Crippen molar-refractivity contribution in [2.75, 3.05) is 6.61 Å². The van der Waals surface area contributed by atoms with Gasteiger partial charge < -0.3 is 4.74 Å². The van der Waals surface area contributed by atoms with Crippen molar-refractivity contribution in [1.29, 1.82) is 0 Å². The number of rotatable bonds is 10. The first-order chi connectivity index (χ1) is 10.8. The molecular formula is C20H34O2. The van der Waals surface area contributed by atoms with Gasteiger partial charge in [-0.3, -0.25) is 4.79 Å². The second-order valence-corrected chi connectivity index (χ2v) is 5.29. The summed E-state index contributed by atoms with van der Waals surface area (Å²) >= 11 is 0. The fraction of sp³-hybridized carbons (Fsp3) is 0.650. The molecule has 1 aromatic carbocycles. The number of carbonyl (C=O) groups excluding carboxylic acids is 1. The Kier molecular flexibility index (Phi) is 13.7. The third kappa shape index (κ3) is 10.4. The van der Waals surface area contributed by atoms with Gasteiger partial charge in [0.2, 0.25) is 0 Å². The predicted molar refractivity (Wildman–Crippen MR) is 95.2 cm³/mol. The summed E-state index contributed by atoms with van der Waals surface area (Å²) in [5.74, 6) is -0.0622. The third-order valence-corrected chi connectivity index (χ3v) is 3.49. The largest absolute Gasteiger partial charge is 0.466 e. The Morgan fingerprint density at radius 1 is 0.864 bits per heavy atom. The summed E-state index contributed by atoms with van der Waals surface area (Å²) in [6, 6.07) is 9.00. The number of hydrogen-bond donors (Lipinski definition) is 0. The fourth-order valence-electron chi connectivity index (χ4n) is 2.26. The van der Waals surface area contributed by atoms with Crippen LogP contribution in [0.25, 0.3) is 0 Å². The van der Waals surface area contributed by atoms with Crippen molar-refractivity contribution in [2.45, 2.75) is 79.1 Å². The van der Waals surface area contributed by atoms with Crippen LogP contribution in [0.15, 0.2) is 24.3 Å².